The molecule has 0 N–H and O–H groups in total. The van der Waals surface area contributed by atoms with Gasteiger partial charge in [0.1, 0.15) is 13.2 Å². The molecule has 7 nitrogen and oxygen atoms in total. The Kier molecular flexibility index (Phi) is 3.89. The minimum atomic E-state index is -0.373. The molecule has 0 bridgehead atoms. The highest BCUT2D eigenvalue weighted by Crippen LogP contribution is 2.35. The molecule has 0 fully saturated rings. The Morgan fingerprint density at radius 1 is 1.40 bits per heavy atom. The summed E-state index contributed by atoms with van der Waals surface area (Å²) in [6.07, 6.45) is 3.49. The first-order chi connectivity index (χ1) is 12.2. The third kappa shape index (κ3) is 2.85. The molecule has 25 heavy (non-hydrogen) atoms. The van der Waals surface area contributed by atoms with Gasteiger partial charge in [-0.3, -0.25) is 9.48 Å². The number of aryl methyl sites for hydroxylation is 1. The van der Waals surface area contributed by atoms with Crippen LogP contribution in [-0.4, -0.2) is 33.5 Å². The van der Waals surface area contributed by atoms with Crippen molar-refractivity contribution in [2.75, 3.05) is 13.2 Å². The fourth-order valence-corrected chi connectivity index (χ4v) is 3.72. The van der Waals surface area contributed by atoms with Gasteiger partial charge in [0.15, 0.2) is 22.0 Å². The van der Waals surface area contributed by atoms with Crippen LogP contribution in [0.2, 0.25) is 0 Å². The molecule has 3 heterocycles. The molecule has 3 aromatic rings. The van der Waals surface area contributed by atoms with Crippen LogP contribution in [0.25, 0.3) is 10.2 Å². The molecule has 2 aromatic heterocycles. The van der Waals surface area contributed by atoms with E-state index in [2.05, 4.69) is 16.7 Å². The lowest BCUT2D eigenvalue weighted by atomic mass is 10.2. The molecule has 1 amide bonds. The quantitative estimate of drug-likeness (QED) is 0.674. The van der Waals surface area contributed by atoms with Gasteiger partial charge >= 0.3 is 0 Å². The molecule has 0 radical (unpaired) electrons. The highest BCUT2D eigenvalue weighted by Gasteiger charge is 2.17. The molecule has 1 aliphatic rings. The summed E-state index contributed by atoms with van der Waals surface area (Å²) in [4.78, 5) is 17.2. The summed E-state index contributed by atoms with van der Waals surface area (Å²) in [5, 5.41) is 4.11. The second kappa shape index (κ2) is 6.21. The molecule has 1 aromatic carbocycles. The van der Waals surface area contributed by atoms with Crippen LogP contribution < -0.4 is 14.3 Å². The third-order valence-electron chi connectivity index (χ3n) is 3.79. The number of hydrogen-bond donors (Lipinski definition) is 0. The van der Waals surface area contributed by atoms with Gasteiger partial charge < -0.3 is 14.0 Å². The summed E-state index contributed by atoms with van der Waals surface area (Å²) < 4.78 is 15.8. The van der Waals surface area contributed by atoms with Gasteiger partial charge in [-0.25, -0.2) is 0 Å². The van der Waals surface area contributed by atoms with Crippen LogP contribution >= 0.6 is 11.3 Å². The van der Waals surface area contributed by atoms with Gasteiger partial charge in [-0.15, -0.1) is 6.58 Å². The predicted molar refractivity (Wildman–Crippen MR) is 94.1 cm³/mol. The first kappa shape index (κ1) is 15.6. The molecule has 0 saturated carbocycles. The maximum Gasteiger partial charge on any atom is 0.300 e. The molecule has 128 valence electrons. The highest BCUT2D eigenvalue weighted by atomic mass is 32.1. The number of amides is 1. The van der Waals surface area contributed by atoms with Gasteiger partial charge in [0.2, 0.25) is 0 Å². The van der Waals surface area contributed by atoms with Gasteiger partial charge in [-0.1, -0.05) is 17.4 Å². The van der Waals surface area contributed by atoms with Gasteiger partial charge in [0.05, 0.1) is 10.2 Å². The number of ether oxygens (including phenoxy) is 2. The van der Waals surface area contributed by atoms with E-state index in [4.69, 9.17) is 9.47 Å². The highest BCUT2D eigenvalue weighted by molar-refractivity contribution is 7.16. The monoisotopic (exact) mass is 356 g/mol. The number of benzene rings is 1. The van der Waals surface area contributed by atoms with Gasteiger partial charge in [-0.2, -0.15) is 10.1 Å². The normalized spacial score (nSPS) is 14.0. The average molecular weight is 356 g/mol. The zero-order valence-corrected chi connectivity index (χ0v) is 14.5. The number of rotatable bonds is 3. The van der Waals surface area contributed by atoms with E-state index in [0.717, 1.165) is 10.2 Å². The number of carbonyl (C=O) groups excluding carboxylic acids is 1. The predicted octanol–water partition coefficient (Wildman–Crippen LogP) is 2.13. The minimum Gasteiger partial charge on any atom is -0.486 e. The molecular weight excluding hydrogens is 340 g/mol. The van der Waals surface area contributed by atoms with Crippen molar-refractivity contribution in [1.82, 2.24) is 14.3 Å². The Labute approximate surface area is 147 Å². The smallest absolute Gasteiger partial charge is 0.300 e. The first-order valence-corrected chi connectivity index (χ1v) is 8.60. The second-order valence-electron chi connectivity index (χ2n) is 5.54. The van der Waals surface area contributed by atoms with Crippen molar-refractivity contribution >= 4 is 27.5 Å². The molecule has 0 atom stereocenters. The Morgan fingerprint density at radius 2 is 2.16 bits per heavy atom. The van der Waals surface area contributed by atoms with E-state index in [1.165, 1.54) is 11.3 Å². The van der Waals surface area contributed by atoms with Crippen LogP contribution in [0.5, 0.6) is 11.5 Å². The topological polar surface area (TPSA) is 70.6 Å². The Bertz CT molecular complexity index is 1040. The summed E-state index contributed by atoms with van der Waals surface area (Å²) >= 11 is 1.42. The standard InChI is InChI=1S/C17H16N4O3S/c1-3-5-21-12-9-13-14(24-8-7-23-13)10-15(12)25-17(21)18-16(22)11-4-6-20(2)19-11/h3-4,6,9-10H,1,5,7-8H2,2H3. The number of carbonyl (C=O) groups is 1. The van der Waals surface area contributed by atoms with Crippen LogP contribution in [0.4, 0.5) is 0 Å². The number of thiazole rings is 1. The molecular formula is C17H16N4O3S. The van der Waals surface area contributed by atoms with Crippen molar-refractivity contribution in [2.45, 2.75) is 6.54 Å². The van der Waals surface area contributed by atoms with Crippen molar-refractivity contribution in [2.24, 2.45) is 12.0 Å². The van der Waals surface area contributed by atoms with Gasteiger partial charge in [0, 0.05) is 31.9 Å². The Hall–Kier alpha value is -2.87. The van der Waals surface area contributed by atoms with Crippen molar-refractivity contribution < 1.29 is 14.3 Å². The Morgan fingerprint density at radius 3 is 2.84 bits per heavy atom. The summed E-state index contributed by atoms with van der Waals surface area (Å²) in [6.45, 7) is 5.39. The second-order valence-corrected chi connectivity index (χ2v) is 6.55. The van der Waals surface area contributed by atoms with E-state index in [9.17, 15) is 4.79 Å². The summed E-state index contributed by atoms with van der Waals surface area (Å²) in [5.74, 6) is 1.05. The van der Waals surface area contributed by atoms with Crippen molar-refractivity contribution in [3.8, 4) is 11.5 Å². The SMILES string of the molecule is C=CCn1c(=NC(=O)c2ccn(C)n2)sc2cc3c(cc21)OCCO3. The average Bonchev–Trinajstić information content (AvgIpc) is 3.18. The lowest BCUT2D eigenvalue weighted by Crippen LogP contribution is -2.17. The van der Waals surface area contributed by atoms with E-state index < -0.39 is 0 Å². The number of hydrogen-bond acceptors (Lipinski definition) is 5. The van der Waals surface area contributed by atoms with Crippen molar-refractivity contribution in [3.05, 3.63) is 47.5 Å². The van der Waals surface area contributed by atoms with E-state index in [0.29, 0.717) is 41.8 Å². The number of fused-ring (bicyclic) bond motifs is 2. The van der Waals surface area contributed by atoms with Gasteiger partial charge in [0.25, 0.3) is 5.91 Å². The van der Waals surface area contributed by atoms with E-state index >= 15 is 0 Å². The number of nitrogens with zero attached hydrogens (tertiary/aromatic N) is 4. The van der Waals surface area contributed by atoms with Crippen LogP contribution in [-0.2, 0) is 13.6 Å². The largest absolute Gasteiger partial charge is 0.486 e. The zero-order valence-electron chi connectivity index (χ0n) is 13.6. The van der Waals surface area contributed by atoms with E-state index in [1.54, 1.807) is 30.1 Å². The molecule has 0 saturated heterocycles. The summed E-state index contributed by atoms with van der Waals surface area (Å²) in [6, 6.07) is 5.50. The third-order valence-corrected chi connectivity index (χ3v) is 4.83. The van der Waals surface area contributed by atoms with Crippen LogP contribution in [0.15, 0.2) is 42.0 Å². The fourth-order valence-electron chi connectivity index (χ4n) is 2.67. The van der Waals surface area contributed by atoms with Crippen LogP contribution in [0, 0.1) is 0 Å². The minimum absolute atomic E-state index is 0.316. The van der Waals surface area contributed by atoms with E-state index in [1.807, 2.05) is 16.7 Å². The first-order valence-electron chi connectivity index (χ1n) is 7.78. The lowest BCUT2D eigenvalue weighted by Gasteiger charge is -2.18. The van der Waals surface area contributed by atoms with Gasteiger partial charge in [-0.05, 0) is 6.07 Å². The number of aromatic nitrogens is 3. The van der Waals surface area contributed by atoms with E-state index in [-0.39, 0.29) is 5.91 Å². The van der Waals surface area contributed by atoms with Crippen molar-refractivity contribution in [3.63, 3.8) is 0 Å². The molecule has 4 rings (SSSR count). The zero-order chi connectivity index (χ0) is 17.4. The number of allylic oxidation sites excluding steroid dienone is 1. The lowest BCUT2D eigenvalue weighted by molar-refractivity contribution is 0.0992. The molecule has 8 heteroatoms. The molecule has 0 unspecified atom stereocenters. The maximum absolute atomic E-state index is 12.4. The molecule has 0 spiro atoms. The maximum atomic E-state index is 12.4. The summed E-state index contributed by atoms with van der Waals surface area (Å²) in [7, 11) is 1.76. The fraction of sp³-hybridized carbons (Fsp3) is 0.235. The van der Waals surface area contributed by atoms with Crippen molar-refractivity contribution in [1.29, 1.82) is 0 Å². The summed E-state index contributed by atoms with van der Waals surface area (Å²) in [5.41, 5.74) is 1.25. The Balaban J connectivity index is 1.87. The molecule has 0 aliphatic carbocycles. The van der Waals surface area contributed by atoms with Crippen LogP contribution in [0.3, 0.4) is 0 Å². The molecule has 1 aliphatic heterocycles. The van der Waals surface area contributed by atoms with Crippen LogP contribution in [0.1, 0.15) is 10.5 Å².